The molecule has 4 heteroatoms. The van der Waals surface area contributed by atoms with Crippen molar-refractivity contribution < 1.29 is 4.79 Å². The van der Waals surface area contributed by atoms with E-state index in [1.54, 1.807) is 0 Å². The minimum Gasteiger partial charge on any atom is -0.340 e. The maximum Gasteiger partial charge on any atom is 0.224 e. The highest BCUT2D eigenvalue weighted by molar-refractivity contribution is 8.00. The first-order valence-electron chi connectivity index (χ1n) is 5.42. The second-order valence-corrected chi connectivity index (χ2v) is 5.82. The van der Waals surface area contributed by atoms with Gasteiger partial charge >= 0.3 is 0 Å². The van der Waals surface area contributed by atoms with Gasteiger partial charge in [-0.1, -0.05) is 6.42 Å². The second-order valence-electron chi connectivity index (χ2n) is 4.55. The largest absolute Gasteiger partial charge is 0.340 e. The number of rotatable bonds is 3. The Morgan fingerprint density at radius 1 is 1.67 bits per heavy atom. The van der Waals surface area contributed by atoms with Crippen LogP contribution in [0.4, 0.5) is 0 Å². The Labute approximate surface area is 94.8 Å². The average molecular weight is 224 g/mol. The zero-order valence-corrected chi connectivity index (χ0v) is 9.85. The Morgan fingerprint density at radius 2 is 2.40 bits per heavy atom. The van der Waals surface area contributed by atoms with E-state index in [1.165, 1.54) is 19.3 Å². The van der Waals surface area contributed by atoms with Gasteiger partial charge < -0.3 is 4.90 Å². The molecule has 1 unspecified atom stereocenters. The highest BCUT2D eigenvalue weighted by Crippen LogP contribution is 2.44. The predicted molar refractivity (Wildman–Crippen MR) is 60.4 cm³/mol. The first kappa shape index (κ1) is 10.8. The van der Waals surface area contributed by atoms with Crippen LogP contribution in [0.25, 0.3) is 0 Å². The van der Waals surface area contributed by atoms with E-state index in [2.05, 4.69) is 12.3 Å². The third-order valence-corrected chi connectivity index (χ3v) is 4.98. The highest BCUT2D eigenvalue weighted by atomic mass is 32.2. The topological polar surface area (TPSA) is 44.1 Å². The summed E-state index contributed by atoms with van der Waals surface area (Å²) in [5, 5.41) is 8.79. The van der Waals surface area contributed by atoms with Crippen LogP contribution in [0.1, 0.15) is 25.7 Å². The third kappa shape index (κ3) is 1.98. The Bertz CT molecular complexity index is 301. The lowest BCUT2D eigenvalue weighted by atomic mass is 9.84. The summed E-state index contributed by atoms with van der Waals surface area (Å²) in [5.41, 5.74) is 0. The fraction of sp³-hybridized carbons (Fsp3) is 0.818. The summed E-state index contributed by atoms with van der Waals surface area (Å²) in [5.74, 6) is 0.0957. The van der Waals surface area contributed by atoms with Crippen molar-refractivity contribution in [3.63, 3.8) is 0 Å². The van der Waals surface area contributed by atoms with E-state index in [9.17, 15) is 4.79 Å². The average Bonchev–Trinajstić information content (AvgIpc) is 2.53. The monoisotopic (exact) mass is 224 g/mol. The van der Waals surface area contributed by atoms with E-state index < -0.39 is 0 Å². The molecule has 1 heterocycles. The minimum absolute atomic E-state index is 0.0727. The van der Waals surface area contributed by atoms with Gasteiger partial charge in [0.05, 0.1) is 12.0 Å². The Hall–Kier alpha value is -0.690. The molecule has 0 aromatic rings. The van der Waals surface area contributed by atoms with E-state index in [0.29, 0.717) is 17.7 Å². The van der Waals surface area contributed by atoms with Crippen LogP contribution in [0, 0.1) is 17.2 Å². The van der Waals surface area contributed by atoms with Gasteiger partial charge in [-0.3, -0.25) is 4.79 Å². The molecule has 1 aliphatic heterocycles. The molecule has 0 spiro atoms. The Morgan fingerprint density at radius 3 is 2.80 bits per heavy atom. The summed E-state index contributed by atoms with van der Waals surface area (Å²) < 4.78 is 0.306. The lowest BCUT2D eigenvalue weighted by Gasteiger charge is -2.43. The van der Waals surface area contributed by atoms with Gasteiger partial charge in [0.1, 0.15) is 0 Å². The molecule has 1 saturated heterocycles. The molecular formula is C11H16N2OS. The molecule has 2 rings (SSSR count). The number of amides is 1. The molecule has 0 bridgehead atoms. The van der Waals surface area contributed by atoms with Gasteiger partial charge in [0.2, 0.25) is 5.91 Å². The van der Waals surface area contributed by atoms with Crippen molar-refractivity contribution in [3.05, 3.63) is 0 Å². The zero-order chi connectivity index (χ0) is 10.9. The Balaban J connectivity index is 1.95. The molecule has 1 aliphatic carbocycles. The summed E-state index contributed by atoms with van der Waals surface area (Å²) in [7, 11) is 0. The summed E-state index contributed by atoms with van der Waals surface area (Å²) in [4.78, 5) is 13.5. The van der Waals surface area contributed by atoms with Crippen molar-refractivity contribution in [2.24, 2.45) is 5.92 Å². The number of thioether (sulfide) groups is 1. The fourth-order valence-electron chi connectivity index (χ4n) is 2.36. The first-order chi connectivity index (χ1) is 7.19. The van der Waals surface area contributed by atoms with Crippen molar-refractivity contribution in [2.45, 2.75) is 30.4 Å². The molecule has 0 aromatic heterocycles. The van der Waals surface area contributed by atoms with Gasteiger partial charge in [-0.25, -0.2) is 0 Å². The maximum atomic E-state index is 11.6. The second kappa shape index (κ2) is 4.05. The van der Waals surface area contributed by atoms with Crippen LogP contribution < -0.4 is 0 Å². The van der Waals surface area contributed by atoms with Crippen molar-refractivity contribution in [2.75, 3.05) is 19.3 Å². The van der Waals surface area contributed by atoms with Crippen LogP contribution in [0.5, 0.6) is 0 Å². The van der Waals surface area contributed by atoms with Crippen molar-refractivity contribution >= 4 is 17.7 Å². The third-order valence-electron chi connectivity index (χ3n) is 3.57. The molecule has 2 fully saturated rings. The molecule has 15 heavy (non-hydrogen) atoms. The van der Waals surface area contributed by atoms with Gasteiger partial charge in [0.25, 0.3) is 0 Å². The van der Waals surface area contributed by atoms with Crippen LogP contribution in [0.2, 0.25) is 0 Å². The van der Waals surface area contributed by atoms with Crippen LogP contribution in [0.15, 0.2) is 0 Å². The van der Waals surface area contributed by atoms with Crippen LogP contribution >= 0.6 is 11.8 Å². The number of carbonyl (C=O) groups excluding carboxylic acids is 1. The van der Waals surface area contributed by atoms with Gasteiger partial charge in [0.15, 0.2) is 0 Å². The van der Waals surface area contributed by atoms with Crippen LogP contribution in [-0.2, 0) is 4.79 Å². The van der Waals surface area contributed by atoms with Gasteiger partial charge in [-0.2, -0.15) is 17.0 Å². The standard InChI is InChI=1S/C11H16N2OS/c1-15-11(3-2-4-11)8-13-7-9(6-12)5-10(13)14/h9H,2-5,7-8H2,1H3. The summed E-state index contributed by atoms with van der Waals surface area (Å²) in [6, 6.07) is 2.19. The number of likely N-dealkylation sites (tertiary alicyclic amines) is 1. The van der Waals surface area contributed by atoms with Gasteiger partial charge in [-0.05, 0) is 19.1 Å². The molecule has 82 valence electrons. The van der Waals surface area contributed by atoms with Crippen molar-refractivity contribution in [1.82, 2.24) is 4.90 Å². The fourth-order valence-corrected chi connectivity index (χ4v) is 3.34. The van der Waals surface area contributed by atoms with Crippen LogP contribution in [0.3, 0.4) is 0 Å². The molecule has 0 N–H and O–H groups in total. The summed E-state index contributed by atoms with van der Waals surface area (Å²) in [6.07, 6.45) is 6.28. The molecule has 0 radical (unpaired) electrons. The Kier molecular flexibility index (Phi) is 2.92. The summed E-state index contributed by atoms with van der Waals surface area (Å²) >= 11 is 1.88. The SMILES string of the molecule is CSC1(CN2CC(C#N)CC2=O)CCC1. The number of nitrogens with zero attached hydrogens (tertiary/aromatic N) is 2. The van der Waals surface area contributed by atoms with E-state index in [4.69, 9.17) is 5.26 Å². The number of hydrogen-bond acceptors (Lipinski definition) is 3. The minimum atomic E-state index is -0.0727. The molecule has 1 amide bonds. The lowest BCUT2D eigenvalue weighted by Crippen LogP contribution is -2.46. The van der Waals surface area contributed by atoms with E-state index >= 15 is 0 Å². The maximum absolute atomic E-state index is 11.6. The number of nitriles is 1. The first-order valence-corrected chi connectivity index (χ1v) is 6.64. The molecule has 1 saturated carbocycles. The quantitative estimate of drug-likeness (QED) is 0.732. The molecule has 2 aliphatic rings. The van der Waals surface area contributed by atoms with E-state index in [0.717, 1.165) is 6.54 Å². The smallest absolute Gasteiger partial charge is 0.224 e. The molecule has 3 nitrogen and oxygen atoms in total. The zero-order valence-electron chi connectivity index (χ0n) is 9.03. The van der Waals surface area contributed by atoms with Crippen molar-refractivity contribution in [1.29, 1.82) is 5.26 Å². The predicted octanol–water partition coefficient (Wildman–Crippen LogP) is 1.64. The molecular weight excluding hydrogens is 208 g/mol. The molecule has 0 aromatic carbocycles. The van der Waals surface area contributed by atoms with E-state index in [-0.39, 0.29) is 11.8 Å². The summed E-state index contributed by atoms with van der Waals surface area (Å²) in [6.45, 7) is 1.50. The molecule has 1 atom stereocenters. The normalized spacial score (nSPS) is 28.7. The van der Waals surface area contributed by atoms with E-state index in [1.807, 2.05) is 16.7 Å². The van der Waals surface area contributed by atoms with Crippen molar-refractivity contribution in [3.8, 4) is 6.07 Å². The van der Waals surface area contributed by atoms with Gasteiger partial charge in [0, 0.05) is 24.3 Å². The lowest BCUT2D eigenvalue weighted by molar-refractivity contribution is -0.128. The highest BCUT2D eigenvalue weighted by Gasteiger charge is 2.41. The van der Waals surface area contributed by atoms with Gasteiger partial charge in [-0.15, -0.1) is 0 Å². The van der Waals surface area contributed by atoms with Crippen LogP contribution in [-0.4, -0.2) is 34.9 Å². The number of hydrogen-bond donors (Lipinski definition) is 0. The number of carbonyl (C=O) groups is 1.